The number of pyridine rings is 1. The number of nitrogen functional groups attached to an aromatic ring is 1. The van der Waals surface area contributed by atoms with Crippen molar-refractivity contribution in [3.05, 3.63) is 46.4 Å². The lowest BCUT2D eigenvalue weighted by Crippen LogP contribution is -2.08. The smallest absolute Gasteiger partial charge is 0.384 e. The first kappa shape index (κ1) is 13.7. The van der Waals surface area contributed by atoms with Crippen molar-refractivity contribution in [1.29, 1.82) is 0 Å². The third kappa shape index (κ3) is 3.60. The fourth-order valence-corrected chi connectivity index (χ4v) is 1.89. The Balaban J connectivity index is 2.33. The van der Waals surface area contributed by atoms with E-state index in [0.29, 0.717) is 5.69 Å². The number of halogens is 4. The van der Waals surface area contributed by atoms with Crippen molar-refractivity contribution in [2.24, 2.45) is 0 Å². The van der Waals surface area contributed by atoms with Crippen LogP contribution in [-0.2, 0) is 6.18 Å². The van der Waals surface area contributed by atoms with Crippen molar-refractivity contribution in [2.45, 2.75) is 6.18 Å². The molecule has 0 aliphatic heterocycles. The summed E-state index contributed by atoms with van der Waals surface area (Å²) in [6.45, 7) is 0. The third-order valence-electron chi connectivity index (χ3n) is 2.27. The van der Waals surface area contributed by atoms with Crippen LogP contribution in [0, 0.1) is 0 Å². The van der Waals surface area contributed by atoms with E-state index in [0.717, 1.165) is 16.6 Å². The lowest BCUT2D eigenvalue weighted by atomic mass is 10.2. The van der Waals surface area contributed by atoms with Gasteiger partial charge in [0.25, 0.3) is 0 Å². The summed E-state index contributed by atoms with van der Waals surface area (Å²) in [7, 11) is 0. The van der Waals surface area contributed by atoms with Crippen LogP contribution in [0.5, 0.6) is 0 Å². The molecule has 3 N–H and O–H groups in total. The monoisotopic (exact) mass is 331 g/mol. The van der Waals surface area contributed by atoms with Gasteiger partial charge in [0.05, 0.1) is 5.56 Å². The van der Waals surface area contributed by atoms with Crippen molar-refractivity contribution >= 4 is 33.3 Å². The summed E-state index contributed by atoms with van der Waals surface area (Å²) >= 11 is 3.27. The highest BCUT2D eigenvalue weighted by Crippen LogP contribution is 2.32. The van der Waals surface area contributed by atoms with E-state index in [2.05, 4.69) is 26.2 Å². The quantitative estimate of drug-likeness (QED) is 0.867. The molecule has 100 valence electrons. The summed E-state index contributed by atoms with van der Waals surface area (Å²) < 4.78 is 38.7. The Labute approximate surface area is 115 Å². The Bertz CT molecular complexity index is 599. The van der Waals surface area contributed by atoms with Crippen molar-refractivity contribution in [3.63, 3.8) is 0 Å². The lowest BCUT2D eigenvalue weighted by Gasteiger charge is -2.11. The van der Waals surface area contributed by atoms with Gasteiger partial charge in [-0.25, -0.2) is 4.98 Å². The highest BCUT2D eigenvalue weighted by molar-refractivity contribution is 9.10. The molecule has 1 aromatic heterocycles. The average Bonchev–Trinajstić information content (AvgIpc) is 2.26. The van der Waals surface area contributed by atoms with Crippen LogP contribution in [0.25, 0.3) is 0 Å². The summed E-state index contributed by atoms with van der Waals surface area (Å²) in [6.07, 6.45) is -4.45. The van der Waals surface area contributed by atoms with Crippen LogP contribution in [-0.4, -0.2) is 4.98 Å². The van der Waals surface area contributed by atoms with E-state index in [1.54, 1.807) is 24.3 Å². The largest absolute Gasteiger partial charge is 0.416 e. The Hall–Kier alpha value is -1.76. The Morgan fingerprint density at radius 2 is 1.89 bits per heavy atom. The lowest BCUT2D eigenvalue weighted by molar-refractivity contribution is -0.137. The van der Waals surface area contributed by atoms with Crippen molar-refractivity contribution in [3.8, 4) is 0 Å². The maximum Gasteiger partial charge on any atom is 0.416 e. The van der Waals surface area contributed by atoms with Gasteiger partial charge in [0.15, 0.2) is 0 Å². The molecule has 0 saturated heterocycles. The first-order valence-corrected chi connectivity index (χ1v) is 6.01. The molecule has 0 aliphatic carbocycles. The van der Waals surface area contributed by atoms with E-state index in [4.69, 9.17) is 5.73 Å². The number of nitrogens with zero attached hydrogens (tertiary/aromatic N) is 1. The predicted octanol–water partition coefficient (Wildman–Crippen LogP) is 4.19. The summed E-state index contributed by atoms with van der Waals surface area (Å²) in [4.78, 5) is 3.82. The average molecular weight is 332 g/mol. The third-order valence-corrected chi connectivity index (χ3v) is 2.76. The minimum Gasteiger partial charge on any atom is -0.384 e. The molecular formula is C12H9BrF3N3. The second kappa shape index (κ2) is 5.08. The molecule has 3 nitrogen and oxygen atoms in total. The predicted molar refractivity (Wildman–Crippen MR) is 71.1 cm³/mol. The van der Waals surface area contributed by atoms with Gasteiger partial charge in [0.1, 0.15) is 11.6 Å². The highest BCUT2D eigenvalue weighted by atomic mass is 79.9. The van der Waals surface area contributed by atoms with Gasteiger partial charge in [-0.1, -0.05) is 22.0 Å². The van der Waals surface area contributed by atoms with E-state index in [9.17, 15) is 13.2 Å². The molecule has 2 rings (SSSR count). The first-order valence-electron chi connectivity index (χ1n) is 5.22. The molecule has 0 radical (unpaired) electrons. The molecule has 0 amide bonds. The van der Waals surface area contributed by atoms with E-state index in [-0.39, 0.29) is 11.6 Å². The van der Waals surface area contributed by atoms with Crippen LogP contribution in [0.2, 0.25) is 0 Å². The van der Waals surface area contributed by atoms with Crippen LogP contribution < -0.4 is 11.1 Å². The van der Waals surface area contributed by atoms with E-state index in [1.807, 2.05) is 0 Å². The Morgan fingerprint density at radius 3 is 2.53 bits per heavy atom. The zero-order valence-electron chi connectivity index (χ0n) is 9.50. The van der Waals surface area contributed by atoms with Gasteiger partial charge in [-0.05, 0) is 30.3 Å². The highest BCUT2D eigenvalue weighted by Gasteiger charge is 2.31. The van der Waals surface area contributed by atoms with Crippen LogP contribution in [0.4, 0.5) is 30.5 Å². The number of alkyl halides is 3. The molecule has 1 heterocycles. The summed E-state index contributed by atoms with van der Waals surface area (Å²) in [5.74, 6) is -0.141. The van der Waals surface area contributed by atoms with Gasteiger partial charge in [-0.2, -0.15) is 13.2 Å². The van der Waals surface area contributed by atoms with Crippen molar-refractivity contribution < 1.29 is 13.2 Å². The molecule has 0 aliphatic rings. The zero-order valence-corrected chi connectivity index (χ0v) is 11.1. The summed E-state index contributed by atoms with van der Waals surface area (Å²) in [5.41, 5.74) is 5.16. The first-order chi connectivity index (χ1) is 8.84. The fraction of sp³-hybridized carbons (Fsp3) is 0.0833. The number of nitrogens with two attached hydrogens (primary N) is 1. The number of hydrogen-bond acceptors (Lipinski definition) is 3. The number of aromatic nitrogens is 1. The van der Waals surface area contributed by atoms with E-state index < -0.39 is 11.7 Å². The van der Waals surface area contributed by atoms with Crippen molar-refractivity contribution in [2.75, 3.05) is 11.1 Å². The Kier molecular flexibility index (Phi) is 3.66. The summed E-state index contributed by atoms with van der Waals surface area (Å²) in [6, 6.07) is 8.70. The normalized spacial score (nSPS) is 11.4. The van der Waals surface area contributed by atoms with E-state index >= 15 is 0 Å². The molecule has 0 spiro atoms. The molecule has 0 unspecified atom stereocenters. The van der Waals surface area contributed by atoms with Gasteiger partial charge >= 0.3 is 6.18 Å². The van der Waals surface area contributed by atoms with E-state index in [1.165, 1.54) is 0 Å². The van der Waals surface area contributed by atoms with Crippen LogP contribution in [0.15, 0.2) is 40.9 Å². The van der Waals surface area contributed by atoms with Gasteiger partial charge in [0.2, 0.25) is 0 Å². The number of benzene rings is 1. The molecule has 0 bridgehead atoms. The zero-order chi connectivity index (χ0) is 14.0. The number of rotatable bonds is 2. The maximum atomic E-state index is 12.6. The molecule has 0 saturated carbocycles. The molecule has 7 heteroatoms. The van der Waals surface area contributed by atoms with Crippen LogP contribution in [0.1, 0.15) is 5.56 Å². The van der Waals surface area contributed by atoms with Crippen LogP contribution in [0.3, 0.4) is 0 Å². The minimum absolute atomic E-state index is 0.0467. The molecule has 2 aromatic rings. The molecule has 0 atom stereocenters. The summed E-state index contributed by atoms with van der Waals surface area (Å²) in [5, 5.41) is 2.78. The standard InChI is InChI=1S/C12H9BrF3N3/c13-8-2-1-3-9(6-8)18-11-5-7(12(14,15)16)4-10(17)19-11/h1-6H,(H3,17,18,19). The number of nitrogens with one attached hydrogen (secondary N) is 1. The maximum absolute atomic E-state index is 12.6. The molecular weight excluding hydrogens is 323 g/mol. The number of hydrogen-bond donors (Lipinski definition) is 2. The van der Waals surface area contributed by atoms with Crippen molar-refractivity contribution in [1.82, 2.24) is 4.98 Å². The fourth-order valence-electron chi connectivity index (χ4n) is 1.49. The molecule has 0 fully saturated rings. The van der Waals surface area contributed by atoms with Gasteiger partial charge in [-0.3, -0.25) is 0 Å². The number of anilines is 3. The SMILES string of the molecule is Nc1cc(C(F)(F)F)cc(Nc2cccc(Br)c2)n1. The molecule has 1 aromatic carbocycles. The second-order valence-electron chi connectivity index (χ2n) is 3.80. The topological polar surface area (TPSA) is 50.9 Å². The Morgan fingerprint density at radius 1 is 1.16 bits per heavy atom. The second-order valence-corrected chi connectivity index (χ2v) is 4.71. The van der Waals surface area contributed by atoms with Gasteiger partial charge in [0, 0.05) is 10.2 Å². The van der Waals surface area contributed by atoms with Gasteiger partial charge < -0.3 is 11.1 Å². The minimum atomic E-state index is -4.45. The molecule has 19 heavy (non-hydrogen) atoms. The van der Waals surface area contributed by atoms with Gasteiger partial charge in [-0.15, -0.1) is 0 Å². The van der Waals surface area contributed by atoms with Crippen LogP contribution >= 0.6 is 15.9 Å².